The molecule has 0 saturated carbocycles. The first kappa shape index (κ1) is 14.4. The van der Waals surface area contributed by atoms with Gasteiger partial charge in [-0.25, -0.2) is 0 Å². The number of fused-ring (bicyclic) bond motifs is 1. The Morgan fingerprint density at radius 3 is 2.81 bits per heavy atom. The lowest BCUT2D eigenvalue weighted by Crippen LogP contribution is -2.31. The molecular weight excluding hydrogens is 266 g/mol. The summed E-state index contributed by atoms with van der Waals surface area (Å²) in [5, 5.41) is 8.92. The number of carboxylic acids is 1. The summed E-state index contributed by atoms with van der Waals surface area (Å²) in [5.74, 6) is 0.359. The van der Waals surface area contributed by atoms with Gasteiger partial charge in [-0.2, -0.15) is 0 Å². The number of nitrogens with zero attached hydrogens (tertiary/aromatic N) is 1. The summed E-state index contributed by atoms with van der Waals surface area (Å²) < 4.78 is 5.44. The molecule has 0 bridgehead atoms. The van der Waals surface area contributed by atoms with Gasteiger partial charge in [0, 0.05) is 44.3 Å². The fourth-order valence-corrected chi connectivity index (χ4v) is 3.54. The number of carbonyl (C=O) groups is 1. The van der Waals surface area contributed by atoms with Crippen molar-refractivity contribution in [1.82, 2.24) is 0 Å². The Kier molecular flexibility index (Phi) is 4.44. The average molecular weight is 289 g/mol. The van der Waals surface area contributed by atoms with Crippen LogP contribution in [0.2, 0.25) is 0 Å². The van der Waals surface area contributed by atoms with Gasteiger partial charge in [0.2, 0.25) is 0 Å². The Balaban J connectivity index is 1.69. The van der Waals surface area contributed by atoms with E-state index in [1.54, 1.807) is 0 Å². The molecule has 4 nitrogen and oxygen atoms in total. The average Bonchev–Trinajstić information content (AvgIpc) is 2.85. The molecule has 4 heteroatoms. The third-order valence-corrected chi connectivity index (χ3v) is 4.68. The molecule has 1 atom stereocenters. The van der Waals surface area contributed by atoms with Crippen molar-refractivity contribution in [3.63, 3.8) is 0 Å². The fourth-order valence-electron chi connectivity index (χ4n) is 3.54. The molecule has 114 valence electrons. The Bertz CT molecular complexity index is 497. The maximum absolute atomic E-state index is 10.8. The lowest BCUT2D eigenvalue weighted by molar-refractivity contribution is -0.137. The van der Waals surface area contributed by atoms with Crippen LogP contribution in [-0.2, 0) is 9.53 Å². The van der Waals surface area contributed by atoms with Crippen molar-refractivity contribution in [2.75, 3.05) is 31.2 Å². The number of carboxylic acid groups (broad SMARTS) is 1. The van der Waals surface area contributed by atoms with Gasteiger partial charge in [-0.05, 0) is 36.8 Å². The van der Waals surface area contributed by atoms with Crippen LogP contribution in [0.3, 0.4) is 0 Å². The van der Waals surface area contributed by atoms with Crippen LogP contribution in [0.5, 0.6) is 0 Å². The minimum Gasteiger partial charge on any atom is -0.481 e. The van der Waals surface area contributed by atoms with Crippen molar-refractivity contribution in [1.29, 1.82) is 0 Å². The van der Waals surface area contributed by atoms with Crippen molar-refractivity contribution in [3.05, 3.63) is 29.8 Å². The molecule has 2 aliphatic heterocycles. The highest BCUT2D eigenvalue weighted by atomic mass is 16.5. The third kappa shape index (κ3) is 3.38. The number of benzene rings is 1. The second kappa shape index (κ2) is 6.48. The number of hydrogen-bond donors (Lipinski definition) is 1. The van der Waals surface area contributed by atoms with E-state index in [9.17, 15) is 4.79 Å². The van der Waals surface area contributed by atoms with Crippen LogP contribution in [0.4, 0.5) is 5.69 Å². The molecule has 1 aromatic carbocycles. The number of anilines is 1. The van der Waals surface area contributed by atoms with Gasteiger partial charge in [0.05, 0.1) is 0 Å². The standard InChI is InChI=1S/C17H23NO3/c19-17(20)6-5-14-12-18(11-13-7-9-21-10-8-13)16-4-2-1-3-15(14)16/h1-4,13-14H,5-12H2,(H,19,20). The molecule has 1 unspecified atom stereocenters. The molecule has 0 aromatic heterocycles. The van der Waals surface area contributed by atoms with Crippen molar-refractivity contribution in [2.45, 2.75) is 31.6 Å². The highest BCUT2D eigenvalue weighted by molar-refractivity contribution is 5.67. The fraction of sp³-hybridized carbons (Fsp3) is 0.588. The maximum atomic E-state index is 10.8. The lowest BCUT2D eigenvalue weighted by atomic mass is 9.96. The monoisotopic (exact) mass is 289 g/mol. The highest BCUT2D eigenvalue weighted by Crippen LogP contribution is 2.39. The summed E-state index contributed by atoms with van der Waals surface area (Å²) in [6.07, 6.45) is 3.26. The normalized spacial score (nSPS) is 22.3. The minimum atomic E-state index is -0.699. The molecule has 1 N–H and O–H groups in total. The van der Waals surface area contributed by atoms with Crippen LogP contribution < -0.4 is 4.90 Å². The topological polar surface area (TPSA) is 49.8 Å². The summed E-state index contributed by atoms with van der Waals surface area (Å²) >= 11 is 0. The van der Waals surface area contributed by atoms with E-state index in [1.165, 1.54) is 11.3 Å². The van der Waals surface area contributed by atoms with Gasteiger partial charge in [-0.1, -0.05) is 18.2 Å². The number of aliphatic carboxylic acids is 1. The molecule has 1 saturated heterocycles. The molecule has 0 amide bonds. The molecule has 2 aliphatic rings. The zero-order valence-corrected chi connectivity index (χ0v) is 12.3. The van der Waals surface area contributed by atoms with Crippen LogP contribution in [0, 0.1) is 5.92 Å². The Morgan fingerprint density at radius 1 is 1.29 bits per heavy atom. The lowest BCUT2D eigenvalue weighted by Gasteiger charge is -2.29. The van der Waals surface area contributed by atoms with Gasteiger partial charge in [0.25, 0.3) is 0 Å². The van der Waals surface area contributed by atoms with E-state index in [2.05, 4.69) is 29.2 Å². The second-order valence-electron chi connectivity index (χ2n) is 6.15. The number of hydrogen-bond acceptors (Lipinski definition) is 3. The molecule has 0 aliphatic carbocycles. The minimum absolute atomic E-state index is 0.254. The van der Waals surface area contributed by atoms with Crippen LogP contribution in [0.25, 0.3) is 0 Å². The zero-order chi connectivity index (χ0) is 14.7. The van der Waals surface area contributed by atoms with Crippen LogP contribution in [-0.4, -0.2) is 37.4 Å². The van der Waals surface area contributed by atoms with Gasteiger partial charge < -0.3 is 14.7 Å². The van der Waals surface area contributed by atoms with E-state index in [0.717, 1.165) is 45.6 Å². The molecule has 0 radical (unpaired) electrons. The molecular formula is C17H23NO3. The Hall–Kier alpha value is -1.55. The molecule has 3 rings (SSSR count). The van der Waals surface area contributed by atoms with E-state index in [4.69, 9.17) is 9.84 Å². The van der Waals surface area contributed by atoms with Gasteiger partial charge >= 0.3 is 5.97 Å². The van der Waals surface area contributed by atoms with Crippen LogP contribution in [0.15, 0.2) is 24.3 Å². The number of para-hydroxylation sites is 1. The summed E-state index contributed by atoms with van der Waals surface area (Å²) in [7, 11) is 0. The maximum Gasteiger partial charge on any atom is 0.303 e. The van der Waals surface area contributed by atoms with E-state index in [-0.39, 0.29) is 6.42 Å². The molecule has 2 heterocycles. The van der Waals surface area contributed by atoms with Gasteiger partial charge in [-0.3, -0.25) is 4.79 Å². The first-order valence-corrected chi connectivity index (χ1v) is 7.87. The zero-order valence-electron chi connectivity index (χ0n) is 12.3. The predicted octanol–water partition coefficient (Wildman–Crippen LogP) is 2.88. The number of ether oxygens (including phenoxy) is 1. The first-order chi connectivity index (χ1) is 10.2. The third-order valence-electron chi connectivity index (χ3n) is 4.68. The molecule has 1 fully saturated rings. The second-order valence-corrected chi connectivity index (χ2v) is 6.15. The van der Waals surface area contributed by atoms with Crippen molar-refractivity contribution < 1.29 is 14.6 Å². The van der Waals surface area contributed by atoms with Crippen molar-refractivity contribution >= 4 is 11.7 Å². The summed E-state index contributed by atoms with van der Waals surface area (Å²) in [6, 6.07) is 8.47. The van der Waals surface area contributed by atoms with Crippen LogP contribution in [0.1, 0.15) is 37.2 Å². The SMILES string of the molecule is O=C(O)CCC1CN(CC2CCOCC2)c2ccccc21. The Labute approximate surface area is 125 Å². The summed E-state index contributed by atoms with van der Waals surface area (Å²) in [6.45, 7) is 3.79. The first-order valence-electron chi connectivity index (χ1n) is 7.87. The van der Waals surface area contributed by atoms with Crippen molar-refractivity contribution in [2.24, 2.45) is 5.92 Å². The quantitative estimate of drug-likeness (QED) is 0.905. The molecule has 21 heavy (non-hydrogen) atoms. The Morgan fingerprint density at radius 2 is 2.05 bits per heavy atom. The summed E-state index contributed by atoms with van der Waals surface area (Å²) in [4.78, 5) is 13.3. The van der Waals surface area contributed by atoms with Gasteiger partial charge in [0.15, 0.2) is 0 Å². The van der Waals surface area contributed by atoms with Gasteiger partial charge in [0.1, 0.15) is 0 Å². The van der Waals surface area contributed by atoms with E-state index < -0.39 is 5.97 Å². The highest BCUT2D eigenvalue weighted by Gasteiger charge is 2.30. The predicted molar refractivity (Wildman–Crippen MR) is 81.8 cm³/mol. The van der Waals surface area contributed by atoms with Crippen LogP contribution >= 0.6 is 0 Å². The summed E-state index contributed by atoms with van der Waals surface area (Å²) in [5.41, 5.74) is 2.63. The largest absolute Gasteiger partial charge is 0.481 e. The molecule has 0 spiro atoms. The van der Waals surface area contributed by atoms with Gasteiger partial charge in [-0.15, -0.1) is 0 Å². The van der Waals surface area contributed by atoms with E-state index in [0.29, 0.717) is 11.8 Å². The molecule has 1 aromatic rings. The van der Waals surface area contributed by atoms with Crippen molar-refractivity contribution in [3.8, 4) is 0 Å². The smallest absolute Gasteiger partial charge is 0.303 e. The van der Waals surface area contributed by atoms with E-state index >= 15 is 0 Å². The van der Waals surface area contributed by atoms with E-state index in [1.807, 2.05) is 0 Å². The number of rotatable bonds is 5.